The van der Waals surface area contributed by atoms with E-state index in [1.54, 1.807) is 0 Å². The van der Waals surface area contributed by atoms with Crippen LogP contribution in [0, 0.1) is 5.92 Å². The van der Waals surface area contributed by atoms with Gasteiger partial charge in [0.15, 0.2) is 0 Å². The number of anilines is 1. The van der Waals surface area contributed by atoms with Gasteiger partial charge >= 0.3 is 6.18 Å². The first-order valence-electron chi connectivity index (χ1n) is 11.5. The van der Waals surface area contributed by atoms with E-state index in [2.05, 4.69) is 5.32 Å². The van der Waals surface area contributed by atoms with E-state index in [0.717, 1.165) is 48.9 Å². The molecule has 0 spiro atoms. The number of alkyl halides is 3. The third-order valence-corrected chi connectivity index (χ3v) is 7.05. The van der Waals surface area contributed by atoms with Crippen molar-refractivity contribution in [3.05, 3.63) is 64.7 Å². The monoisotopic (exact) mass is 457 g/mol. The van der Waals surface area contributed by atoms with Crippen LogP contribution >= 0.6 is 0 Å². The molecule has 0 saturated heterocycles. The van der Waals surface area contributed by atoms with Crippen molar-refractivity contribution in [3.8, 4) is 5.75 Å². The summed E-state index contributed by atoms with van der Waals surface area (Å²) in [5.74, 6) is 0.146. The van der Waals surface area contributed by atoms with E-state index in [1.165, 1.54) is 12.1 Å². The lowest BCUT2D eigenvalue weighted by Crippen LogP contribution is -2.34. The maximum atomic E-state index is 13.3. The average molecular weight is 457 g/mol. The summed E-state index contributed by atoms with van der Waals surface area (Å²) >= 11 is 0. The van der Waals surface area contributed by atoms with Crippen molar-refractivity contribution in [2.24, 2.45) is 5.92 Å². The van der Waals surface area contributed by atoms with E-state index in [-0.39, 0.29) is 17.8 Å². The summed E-state index contributed by atoms with van der Waals surface area (Å²) in [6.07, 6.45) is 1.86. The zero-order chi connectivity index (χ0) is 23.2. The zero-order valence-electron chi connectivity index (χ0n) is 18.1. The molecule has 3 aliphatic rings. The fourth-order valence-corrected chi connectivity index (χ4v) is 5.02. The Morgan fingerprint density at radius 2 is 1.94 bits per heavy atom. The molecule has 0 bridgehead atoms. The molecule has 5 rings (SSSR count). The van der Waals surface area contributed by atoms with Gasteiger partial charge in [-0.2, -0.15) is 13.2 Å². The van der Waals surface area contributed by atoms with Gasteiger partial charge in [-0.05, 0) is 66.5 Å². The van der Waals surface area contributed by atoms with E-state index < -0.39 is 17.8 Å². The molecule has 1 saturated carbocycles. The first kappa shape index (κ1) is 22.0. The molecule has 2 aromatic carbocycles. The van der Waals surface area contributed by atoms with Crippen LogP contribution in [0.1, 0.15) is 54.4 Å². The van der Waals surface area contributed by atoms with Crippen molar-refractivity contribution in [3.63, 3.8) is 0 Å². The number of fused-ring (bicyclic) bond motifs is 2. The largest absolute Gasteiger partial charge is 0.489 e. The maximum Gasteiger partial charge on any atom is 0.416 e. The second-order valence-corrected chi connectivity index (χ2v) is 9.26. The Morgan fingerprint density at radius 3 is 2.67 bits per heavy atom. The summed E-state index contributed by atoms with van der Waals surface area (Å²) in [7, 11) is 0. The SMILES string of the molecule is O=C(C=C1CC(C2CCC2)Oc2cc(C(F)(F)F)ccc21)Nc1cccc2c1CC(O)CC2. The third kappa shape index (κ3) is 4.51. The van der Waals surface area contributed by atoms with Crippen LogP contribution in [-0.4, -0.2) is 23.2 Å². The summed E-state index contributed by atoms with van der Waals surface area (Å²) in [6.45, 7) is 0. The van der Waals surface area contributed by atoms with Crippen LogP contribution in [0.4, 0.5) is 18.9 Å². The molecular weight excluding hydrogens is 431 g/mol. The highest BCUT2D eigenvalue weighted by atomic mass is 19.4. The second-order valence-electron chi connectivity index (χ2n) is 9.26. The summed E-state index contributed by atoms with van der Waals surface area (Å²) in [4.78, 5) is 13.0. The van der Waals surface area contributed by atoms with E-state index in [9.17, 15) is 23.1 Å². The Morgan fingerprint density at radius 1 is 1.12 bits per heavy atom. The van der Waals surface area contributed by atoms with Crippen LogP contribution in [-0.2, 0) is 23.8 Å². The van der Waals surface area contributed by atoms with Crippen LogP contribution in [0.15, 0.2) is 42.5 Å². The number of hydrogen-bond acceptors (Lipinski definition) is 3. The standard InChI is InChI=1S/C26H26F3NO3/c27-26(28,29)18-8-10-20-17(11-23(16-4-1-5-16)33-24(20)13-18)12-25(32)30-22-6-2-3-15-7-9-19(31)14-21(15)22/h2-3,6,8,10,12-13,16,19,23,31H,1,4-5,7,9,11,14H2,(H,30,32). The molecule has 7 heteroatoms. The van der Waals surface area contributed by atoms with Gasteiger partial charge in [0.05, 0.1) is 11.7 Å². The number of ether oxygens (including phenoxy) is 1. The summed E-state index contributed by atoms with van der Waals surface area (Å²) in [6, 6.07) is 9.18. The molecule has 1 heterocycles. The molecule has 2 atom stereocenters. The number of aliphatic hydroxyl groups is 1. The van der Waals surface area contributed by atoms with E-state index >= 15 is 0 Å². The van der Waals surface area contributed by atoms with Crippen LogP contribution in [0.25, 0.3) is 5.57 Å². The number of hydrogen-bond donors (Lipinski definition) is 2. The Balaban J connectivity index is 1.44. The first-order valence-corrected chi connectivity index (χ1v) is 11.5. The Labute approximate surface area is 190 Å². The number of rotatable bonds is 3. The number of halogens is 3. The molecule has 2 aliphatic carbocycles. The Kier molecular flexibility index (Phi) is 5.69. The van der Waals surface area contributed by atoms with Gasteiger partial charge in [0.25, 0.3) is 0 Å². The molecule has 33 heavy (non-hydrogen) atoms. The van der Waals surface area contributed by atoms with Gasteiger partial charge in [-0.3, -0.25) is 4.79 Å². The zero-order valence-corrected chi connectivity index (χ0v) is 18.1. The number of carbonyl (C=O) groups excluding carboxylic acids is 1. The van der Waals surface area contributed by atoms with Gasteiger partial charge in [-0.25, -0.2) is 0 Å². The van der Waals surface area contributed by atoms with Crippen LogP contribution in [0.2, 0.25) is 0 Å². The summed E-state index contributed by atoms with van der Waals surface area (Å²) in [5, 5.41) is 13.0. The lowest BCUT2D eigenvalue weighted by molar-refractivity contribution is -0.137. The number of carbonyl (C=O) groups is 1. The minimum Gasteiger partial charge on any atom is -0.489 e. The van der Waals surface area contributed by atoms with Gasteiger partial charge in [0.2, 0.25) is 5.91 Å². The molecule has 1 aliphatic heterocycles. The summed E-state index contributed by atoms with van der Waals surface area (Å²) in [5.41, 5.74) is 3.19. The van der Waals surface area contributed by atoms with Gasteiger partial charge in [0.1, 0.15) is 11.9 Å². The van der Waals surface area contributed by atoms with Gasteiger partial charge < -0.3 is 15.2 Å². The Bertz CT molecular complexity index is 1100. The van der Waals surface area contributed by atoms with Crippen molar-refractivity contribution >= 4 is 17.2 Å². The number of aliphatic hydroxyl groups excluding tert-OH is 1. The molecule has 2 aromatic rings. The molecule has 2 N–H and O–H groups in total. The number of nitrogens with one attached hydrogen (secondary N) is 1. The van der Waals surface area contributed by atoms with Crippen molar-refractivity contribution in [2.45, 2.75) is 63.3 Å². The molecule has 0 aromatic heterocycles. The quantitative estimate of drug-likeness (QED) is 0.596. The smallest absolute Gasteiger partial charge is 0.416 e. The van der Waals surface area contributed by atoms with Crippen LogP contribution < -0.4 is 10.1 Å². The average Bonchev–Trinajstić information content (AvgIpc) is 2.72. The van der Waals surface area contributed by atoms with E-state index in [1.807, 2.05) is 18.2 Å². The number of aryl methyl sites for hydroxylation is 1. The van der Waals surface area contributed by atoms with Gasteiger partial charge in [-0.1, -0.05) is 24.6 Å². The Hall–Kier alpha value is -2.80. The van der Waals surface area contributed by atoms with Crippen molar-refractivity contribution < 1.29 is 27.8 Å². The van der Waals surface area contributed by atoms with Gasteiger partial charge in [0, 0.05) is 30.2 Å². The van der Waals surface area contributed by atoms with Crippen molar-refractivity contribution in [2.75, 3.05) is 5.32 Å². The molecular formula is C26H26F3NO3. The molecule has 1 amide bonds. The number of benzene rings is 2. The number of amides is 1. The molecule has 174 valence electrons. The maximum absolute atomic E-state index is 13.3. The molecule has 2 unspecified atom stereocenters. The second kappa shape index (κ2) is 8.52. The van der Waals surface area contributed by atoms with Gasteiger partial charge in [-0.15, -0.1) is 0 Å². The minimum absolute atomic E-state index is 0.187. The lowest BCUT2D eigenvalue weighted by atomic mass is 9.77. The van der Waals surface area contributed by atoms with E-state index in [4.69, 9.17) is 4.74 Å². The highest BCUT2D eigenvalue weighted by Crippen LogP contribution is 2.44. The van der Waals surface area contributed by atoms with E-state index in [0.29, 0.717) is 42.0 Å². The lowest BCUT2D eigenvalue weighted by Gasteiger charge is -2.38. The normalized spacial score (nSPS) is 23.8. The predicted molar refractivity (Wildman–Crippen MR) is 119 cm³/mol. The molecule has 0 radical (unpaired) electrons. The minimum atomic E-state index is -4.46. The van der Waals surface area contributed by atoms with Crippen LogP contribution in [0.5, 0.6) is 5.75 Å². The fourth-order valence-electron chi connectivity index (χ4n) is 5.02. The topological polar surface area (TPSA) is 58.6 Å². The van der Waals surface area contributed by atoms with Crippen molar-refractivity contribution in [1.29, 1.82) is 0 Å². The first-order chi connectivity index (χ1) is 15.8. The fraction of sp³-hybridized carbons (Fsp3) is 0.423. The third-order valence-electron chi connectivity index (χ3n) is 7.05. The molecule has 4 nitrogen and oxygen atoms in total. The summed E-state index contributed by atoms with van der Waals surface area (Å²) < 4.78 is 45.7. The molecule has 1 fully saturated rings. The van der Waals surface area contributed by atoms with Crippen LogP contribution in [0.3, 0.4) is 0 Å². The highest BCUT2D eigenvalue weighted by molar-refractivity contribution is 6.05. The highest BCUT2D eigenvalue weighted by Gasteiger charge is 2.36. The predicted octanol–water partition coefficient (Wildman–Crippen LogP) is 5.53. The van der Waals surface area contributed by atoms with Crippen molar-refractivity contribution in [1.82, 2.24) is 0 Å².